The largest absolute Gasteiger partial charge is 0.264 e. The highest BCUT2D eigenvalue weighted by atomic mass is 127. The predicted molar refractivity (Wildman–Crippen MR) is 89.2 cm³/mol. The molecule has 4 rings (SSSR count). The average molecular weight is 401 g/mol. The van der Waals surface area contributed by atoms with Crippen molar-refractivity contribution >= 4 is 44.8 Å². The molecule has 0 amide bonds. The molecule has 0 fully saturated rings. The lowest BCUT2D eigenvalue weighted by molar-refractivity contribution is 0.774. The molecule has 0 N–H and O–H groups in total. The van der Waals surface area contributed by atoms with Crippen LogP contribution in [0.3, 0.4) is 0 Å². The van der Waals surface area contributed by atoms with Crippen LogP contribution in [0.2, 0.25) is 0 Å². The summed E-state index contributed by atoms with van der Waals surface area (Å²) < 4.78 is 3.64. The Morgan fingerprint density at radius 1 is 1.14 bits per heavy atom. The summed E-state index contributed by atoms with van der Waals surface area (Å²) in [6.07, 6.45) is 4.99. The van der Waals surface area contributed by atoms with E-state index in [1.165, 1.54) is 6.33 Å². The molecule has 106 valence electrons. The number of fused-ring (bicyclic) bond motifs is 3. The van der Waals surface area contributed by atoms with Gasteiger partial charge in [-0.3, -0.25) is 2.78 Å². The van der Waals surface area contributed by atoms with Gasteiger partial charge in [0.2, 0.25) is 0 Å². The lowest BCUT2D eigenvalue weighted by Gasteiger charge is -2.00. The molecule has 4 aromatic heterocycles. The van der Waals surface area contributed by atoms with Crippen LogP contribution in [0.4, 0.5) is 0 Å². The van der Waals surface area contributed by atoms with Crippen LogP contribution in [0, 0.1) is 11.3 Å². The van der Waals surface area contributed by atoms with E-state index in [2.05, 4.69) is 49.0 Å². The van der Waals surface area contributed by atoms with Crippen molar-refractivity contribution in [2.45, 2.75) is 0 Å². The first kappa shape index (κ1) is 13.1. The topological polar surface area (TPSA) is 85.2 Å². The smallest absolute Gasteiger partial charge is 0.159 e. The second kappa shape index (κ2) is 4.74. The second-order valence-electron chi connectivity index (χ2n) is 4.78. The van der Waals surface area contributed by atoms with Crippen LogP contribution in [-0.2, 0) is 7.05 Å². The summed E-state index contributed by atoms with van der Waals surface area (Å²) >= 11 is 2.19. The summed E-state index contributed by atoms with van der Waals surface area (Å²) in [5, 5.41) is 15.1. The third kappa shape index (κ3) is 1.79. The van der Waals surface area contributed by atoms with Gasteiger partial charge in [0.25, 0.3) is 0 Å². The third-order valence-electron chi connectivity index (χ3n) is 3.52. The minimum absolute atomic E-state index is 0.389. The monoisotopic (exact) mass is 401 g/mol. The molecule has 8 heteroatoms. The molecule has 4 aromatic rings. The van der Waals surface area contributed by atoms with Gasteiger partial charge in [-0.25, -0.2) is 19.6 Å². The van der Waals surface area contributed by atoms with Crippen LogP contribution >= 0.6 is 22.9 Å². The zero-order chi connectivity index (χ0) is 15.3. The van der Waals surface area contributed by atoms with E-state index in [-0.39, 0.29) is 0 Å². The third-order valence-corrected chi connectivity index (χ3v) is 4.50. The van der Waals surface area contributed by atoms with Gasteiger partial charge in [0.1, 0.15) is 23.7 Å². The molecule has 7 nitrogen and oxygen atoms in total. The zero-order valence-electron chi connectivity index (χ0n) is 11.4. The van der Waals surface area contributed by atoms with Crippen molar-refractivity contribution in [3.63, 3.8) is 0 Å². The maximum atomic E-state index is 9.06. The Hall–Kier alpha value is -2.54. The molecule has 0 aliphatic carbocycles. The fourth-order valence-electron chi connectivity index (χ4n) is 2.49. The van der Waals surface area contributed by atoms with E-state index in [0.29, 0.717) is 5.69 Å². The first-order valence-corrected chi connectivity index (χ1v) is 7.36. The van der Waals surface area contributed by atoms with Crippen molar-refractivity contribution in [3.05, 3.63) is 36.5 Å². The van der Waals surface area contributed by atoms with Crippen molar-refractivity contribution in [1.82, 2.24) is 27.5 Å². The molecule has 0 aliphatic rings. The van der Waals surface area contributed by atoms with Gasteiger partial charge < -0.3 is 0 Å². The molecular weight excluding hydrogens is 393 g/mol. The van der Waals surface area contributed by atoms with Crippen molar-refractivity contribution < 1.29 is 0 Å². The Morgan fingerprint density at radius 3 is 2.73 bits per heavy atom. The summed E-state index contributed by atoms with van der Waals surface area (Å²) in [4.78, 5) is 12.9. The lowest BCUT2D eigenvalue weighted by atomic mass is 10.1. The number of pyridine rings is 2. The quantitative estimate of drug-likeness (QED) is 0.458. The van der Waals surface area contributed by atoms with Gasteiger partial charge in [-0.2, -0.15) is 10.4 Å². The van der Waals surface area contributed by atoms with Crippen molar-refractivity contribution in [2.24, 2.45) is 7.05 Å². The summed E-state index contributed by atoms with van der Waals surface area (Å²) in [6.45, 7) is 0. The minimum Gasteiger partial charge on any atom is -0.264 e. The Kier molecular flexibility index (Phi) is 2.83. The van der Waals surface area contributed by atoms with Crippen molar-refractivity contribution in [3.8, 4) is 17.5 Å². The van der Waals surface area contributed by atoms with Gasteiger partial charge in [-0.1, -0.05) is 0 Å². The molecule has 0 bridgehead atoms. The van der Waals surface area contributed by atoms with E-state index >= 15 is 0 Å². The normalized spacial score (nSPS) is 11.1. The number of aromatic nitrogens is 6. The highest BCUT2D eigenvalue weighted by Crippen LogP contribution is 2.31. The van der Waals surface area contributed by atoms with E-state index in [4.69, 9.17) is 5.26 Å². The van der Waals surface area contributed by atoms with Crippen LogP contribution in [0.25, 0.3) is 33.3 Å². The molecule has 0 aliphatic heterocycles. The molecule has 0 saturated heterocycles. The van der Waals surface area contributed by atoms with Crippen LogP contribution in [-0.4, -0.2) is 27.5 Å². The fraction of sp³-hybridized carbons (Fsp3) is 0.0714. The Labute approximate surface area is 138 Å². The first-order valence-electron chi connectivity index (χ1n) is 6.40. The van der Waals surface area contributed by atoms with Crippen LogP contribution in [0.5, 0.6) is 0 Å². The molecule has 22 heavy (non-hydrogen) atoms. The second-order valence-corrected chi connectivity index (χ2v) is 5.75. The highest BCUT2D eigenvalue weighted by molar-refractivity contribution is 14.1. The molecule has 0 atom stereocenters. The van der Waals surface area contributed by atoms with E-state index in [1.54, 1.807) is 23.1 Å². The SMILES string of the molecule is Cn1ncnc1-c1cnc2c(c1)c1cc(C#N)ncc1n2I. The molecular formula is C14H8IN7. The molecule has 4 heterocycles. The van der Waals surface area contributed by atoms with Gasteiger partial charge in [0.05, 0.1) is 34.6 Å². The molecule has 0 aromatic carbocycles. The summed E-state index contributed by atoms with van der Waals surface area (Å²) in [6, 6.07) is 5.88. The molecule has 0 radical (unpaired) electrons. The van der Waals surface area contributed by atoms with E-state index in [0.717, 1.165) is 33.3 Å². The number of nitriles is 1. The van der Waals surface area contributed by atoms with Crippen LogP contribution < -0.4 is 0 Å². The fourth-order valence-corrected chi connectivity index (χ4v) is 3.26. The zero-order valence-corrected chi connectivity index (χ0v) is 13.6. The van der Waals surface area contributed by atoms with Crippen molar-refractivity contribution in [2.75, 3.05) is 0 Å². The average Bonchev–Trinajstić information content (AvgIpc) is 3.09. The minimum atomic E-state index is 0.389. The van der Waals surface area contributed by atoms with Crippen LogP contribution in [0.15, 0.2) is 30.9 Å². The predicted octanol–water partition coefficient (Wildman–Crippen LogP) is 2.45. The Bertz CT molecular complexity index is 1070. The number of rotatable bonds is 1. The highest BCUT2D eigenvalue weighted by Gasteiger charge is 2.14. The Morgan fingerprint density at radius 2 is 2.00 bits per heavy atom. The first-order chi connectivity index (χ1) is 10.7. The van der Waals surface area contributed by atoms with Gasteiger partial charge in [-0.15, -0.1) is 0 Å². The van der Waals surface area contributed by atoms with Gasteiger partial charge in [0, 0.05) is 29.6 Å². The molecule has 0 spiro atoms. The number of hydrogen-bond donors (Lipinski definition) is 0. The maximum absolute atomic E-state index is 9.06. The van der Waals surface area contributed by atoms with E-state index in [9.17, 15) is 0 Å². The molecule has 0 saturated carbocycles. The van der Waals surface area contributed by atoms with Gasteiger partial charge >= 0.3 is 0 Å². The van der Waals surface area contributed by atoms with E-state index < -0.39 is 0 Å². The lowest BCUT2D eigenvalue weighted by Crippen LogP contribution is -1.95. The standard InChI is InChI=1S/C14H8IN7/c1-21-13(19-7-20-21)8-2-11-10-3-9(4-16)17-6-12(10)22(15)14(11)18-5-8/h2-3,5-7H,1H3. The summed E-state index contributed by atoms with van der Waals surface area (Å²) in [5.41, 5.74) is 3.03. The molecule has 0 unspecified atom stereocenters. The summed E-state index contributed by atoms with van der Waals surface area (Å²) in [5.74, 6) is 0.748. The maximum Gasteiger partial charge on any atom is 0.159 e. The number of aryl methyl sites for hydroxylation is 1. The Balaban J connectivity index is 2.09. The van der Waals surface area contributed by atoms with Gasteiger partial charge in [0.15, 0.2) is 5.82 Å². The number of halogens is 1. The van der Waals surface area contributed by atoms with Crippen LogP contribution in [0.1, 0.15) is 5.69 Å². The van der Waals surface area contributed by atoms with Gasteiger partial charge in [-0.05, 0) is 12.1 Å². The van der Waals surface area contributed by atoms with E-state index in [1.807, 2.05) is 15.9 Å². The number of nitrogens with zero attached hydrogens (tertiary/aromatic N) is 7. The van der Waals surface area contributed by atoms with Crippen molar-refractivity contribution in [1.29, 1.82) is 5.26 Å². The number of hydrogen-bond acceptors (Lipinski definition) is 5. The summed E-state index contributed by atoms with van der Waals surface area (Å²) in [7, 11) is 1.84.